The molecule has 2 aromatic carbocycles. The number of benzene rings is 2. The third-order valence-corrected chi connectivity index (χ3v) is 7.56. The summed E-state index contributed by atoms with van der Waals surface area (Å²) in [7, 11) is -3.58. The van der Waals surface area contributed by atoms with E-state index in [1.54, 1.807) is 17.6 Å². The van der Waals surface area contributed by atoms with Crippen LogP contribution >= 0.6 is 0 Å². The summed E-state index contributed by atoms with van der Waals surface area (Å²) < 4.78 is 42.6. The summed E-state index contributed by atoms with van der Waals surface area (Å²) in [5.74, 6) is -0.438. The molecule has 1 saturated heterocycles. The second kappa shape index (κ2) is 7.35. The van der Waals surface area contributed by atoms with E-state index in [2.05, 4.69) is 4.98 Å². The Morgan fingerprint density at radius 1 is 1.07 bits per heavy atom. The first-order valence-corrected chi connectivity index (χ1v) is 11.0. The molecular formula is C21H22FN3O3S. The Labute approximate surface area is 168 Å². The maximum atomic E-state index is 13.4. The zero-order valence-electron chi connectivity index (χ0n) is 16.3. The highest BCUT2D eigenvalue weighted by Crippen LogP contribution is 2.28. The number of aryl methyl sites for hydroxylation is 2. The maximum Gasteiger partial charge on any atom is 0.261 e. The third-order valence-electron chi connectivity index (χ3n) is 5.52. The normalized spacial score (nSPS) is 16.4. The number of halogens is 1. The molecule has 2 heterocycles. The van der Waals surface area contributed by atoms with Crippen molar-refractivity contribution in [2.24, 2.45) is 0 Å². The van der Waals surface area contributed by atoms with E-state index in [0.29, 0.717) is 41.7 Å². The van der Waals surface area contributed by atoms with E-state index >= 15 is 0 Å². The van der Waals surface area contributed by atoms with Crippen LogP contribution in [0.1, 0.15) is 30.0 Å². The molecule has 29 heavy (non-hydrogen) atoms. The first-order valence-electron chi connectivity index (χ1n) is 9.51. The van der Waals surface area contributed by atoms with Crippen LogP contribution in [0.3, 0.4) is 0 Å². The lowest BCUT2D eigenvalue weighted by molar-refractivity contribution is 0.269. The predicted octanol–water partition coefficient (Wildman–Crippen LogP) is 3.18. The van der Waals surface area contributed by atoms with Crippen LogP contribution in [-0.4, -0.2) is 35.4 Å². The van der Waals surface area contributed by atoms with Crippen molar-refractivity contribution in [3.8, 4) is 0 Å². The topological polar surface area (TPSA) is 72.3 Å². The fourth-order valence-corrected chi connectivity index (χ4v) is 5.63. The predicted molar refractivity (Wildman–Crippen MR) is 109 cm³/mol. The van der Waals surface area contributed by atoms with E-state index in [1.807, 2.05) is 19.1 Å². The second-order valence-corrected chi connectivity index (χ2v) is 9.43. The fourth-order valence-electron chi connectivity index (χ4n) is 3.85. The summed E-state index contributed by atoms with van der Waals surface area (Å²) in [5, 5.41) is 0.360. The van der Waals surface area contributed by atoms with Gasteiger partial charge in [0.15, 0.2) is 0 Å². The molecule has 1 aliphatic rings. The van der Waals surface area contributed by atoms with Gasteiger partial charge < -0.3 is 0 Å². The Kier molecular flexibility index (Phi) is 5.00. The van der Waals surface area contributed by atoms with E-state index in [0.717, 1.165) is 11.1 Å². The highest BCUT2D eigenvalue weighted by molar-refractivity contribution is 7.89. The van der Waals surface area contributed by atoms with Gasteiger partial charge in [-0.15, -0.1) is 0 Å². The minimum atomic E-state index is -3.58. The largest absolute Gasteiger partial charge is 0.296 e. The van der Waals surface area contributed by atoms with E-state index in [4.69, 9.17) is 0 Å². The minimum Gasteiger partial charge on any atom is -0.296 e. The van der Waals surface area contributed by atoms with Crippen LogP contribution in [0, 0.1) is 19.7 Å². The Morgan fingerprint density at radius 3 is 2.52 bits per heavy atom. The van der Waals surface area contributed by atoms with Crippen molar-refractivity contribution in [2.75, 3.05) is 13.1 Å². The van der Waals surface area contributed by atoms with Crippen LogP contribution in [-0.2, 0) is 10.0 Å². The molecule has 1 aliphatic heterocycles. The molecule has 1 aromatic heterocycles. The van der Waals surface area contributed by atoms with Gasteiger partial charge in [-0.3, -0.25) is 9.36 Å². The van der Waals surface area contributed by atoms with Gasteiger partial charge in [0.1, 0.15) is 5.82 Å². The molecule has 4 rings (SSSR count). The van der Waals surface area contributed by atoms with Gasteiger partial charge in [0.05, 0.1) is 22.1 Å². The molecule has 0 atom stereocenters. The Morgan fingerprint density at radius 2 is 1.79 bits per heavy atom. The number of hydrogen-bond acceptors (Lipinski definition) is 4. The third kappa shape index (κ3) is 3.58. The van der Waals surface area contributed by atoms with Gasteiger partial charge in [-0.25, -0.2) is 17.8 Å². The quantitative estimate of drug-likeness (QED) is 0.659. The van der Waals surface area contributed by atoms with Gasteiger partial charge >= 0.3 is 0 Å². The summed E-state index contributed by atoms with van der Waals surface area (Å²) in [6, 6.07) is 9.19. The smallest absolute Gasteiger partial charge is 0.261 e. The van der Waals surface area contributed by atoms with Gasteiger partial charge in [0, 0.05) is 25.2 Å². The Hall–Kier alpha value is -2.58. The summed E-state index contributed by atoms with van der Waals surface area (Å²) in [6.07, 6.45) is 2.46. The van der Waals surface area contributed by atoms with Gasteiger partial charge in [-0.05, 0) is 56.0 Å². The molecule has 8 heteroatoms. The zero-order chi connectivity index (χ0) is 20.8. The Bertz CT molecular complexity index is 1250. The van der Waals surface area contributed by atoms with E-state index < -0.39 is 15.8 Å². The molecule has 3 aromatic rings. The van der Waals surface area contributed by atoms with E-state index in [9.17, 15) is 17.6 Å². The number of aromatic nitrogens is 2. The average Bonchev–Trinajstić information content (AvgIpc) is 2.70. The minimum absolute atomic E-state index is 0.144. The summed E-state index contributed by atoms with van der Waals surface area (Å²) in [4.78, 5) is 17.3. The molecule has 152 valence electrons. The average molecular weight is 415 g/mol. The van der Waals surface area contributed by atoms with Crippen LogP contribution in [0.25, 0.3) is 10.9 Å². The fraction of sp³-hybridized carbons (Fsp3) is 0.333. The number of sulfonamides is 1. The summed E-state index contributed by atoms with van der Waals surface area (Å²) >= 11 is 0. The lowest BCUT2D eigenvalue weighted by Gasteiger charge is -2.32. The summed E-state index contributed by atoms with van der Waals surface area (Å²) in [6.45, 7) is 4.32. The lowest BCUT2D eigenvalue weighted by atomic mass is 10.1. The van der Waals surface area contributed by atoms with Gasteiger partial charge in [0.2, 0.25) is 10.0 Å². The van der Waals surface area contributed by atoms with Crippen LogP contribution in [0.2, 0.25) is 0 Å². The van der Waals surface area contributed by atoms with Crippen molar-refractivity contribution in [1.29, 1.82) is 0 Å². The monoisotopic (exact) mass is 415 g/mol. The van der Waals surface area contributed by atoms with Crippen LogP contribution in [0.5, 0.6) is 0 Å². The first kappa shape index (κ1) is 19.7. The van der Waals surface area contributed by atoms with Gasteiger partial charge in [-0.1, -0.05) is 12.1 Å². The van der Waals surface area contributed by atoms with Gasteiger partial charge in [-0.2, -0.15) is 4.31 Å². The molecule has 0 radical (unpaired) electrons. The number of fused-ring (bicyclic) bond motifs is 1. The second-order valence-electron chi connectivity index (χ2n) is 7.52. The standard InChI is InChI=1S/C21H22FN3O3S/c1-14-3-4-15(2)20(11-14)29(27,28)24-9-7-17(8-10-24)25-13-23-19-12-16(22)5-6-18(19)21(25)26/h3-6,11-13,17H,7-10H2,1-2H3. The van der Waals surface area contributed by atoms with Crippen LogP contribution in [0.15, 0.2) is 52.4 Å². The molecule has 6 nitrogen and oxygen atoms in total. The van der Waals surface area contributed by atoms with Crippen molar-refractivity contribution in [3.63, 3.8) is 0 Å². The number of nitrogens with zero attached hydrogens (tertiary/aromatic N) is 3. The number of hydrogen-bond donors (Lipinski definition) is 0. The molecule has 0 saturated carbocycles. The SMILES string of the molecule is Cc1ccc(C)c(S(=O)(=O)N2CCC(n3cnc4cc(F)ccc4c3=O)CC2)c1. The number of rotatable bonds is 3. The maximum absolute atomic E-state index is 13.4. The molecule has 0 N–H and O–H groups in total. The van der Waals surface area contributed by atoms with E-state index in [-0.39, 0.29) is 11.6 Å². The van der Waals surface area contributed by atoms with Crippen molar-refractivity contribution >= 4 is 20.9 Å². The zero-order valence-corrected chi connectivity index (χ0v) is 17.1. The van der Waals surface area contributed by atoms with Crippen molar-refractivity contribution in [3.05, 3.63) is 70.0 Å². The molecular weight excluding hydrogens is 393 g/mol. The van der Waals surface area contributed by atoms with Crippen LogP contribution in [0.4, 0.5) is 4.39 Å². The number of piperidine rings is 1. The molecule has 0 spiro atoms. The molecule has 0 bridgehead atoms. The lowest BCUT2D eigenvalue weighted by Crippen LogP contribution is -2.41. The molecule has 0 aliphatic carbocycles. The highest BCUT2D eigenvalue weighted by atomic mass is 32.2. The van der Waals surface area contributed by atoms with Crippen molar-refractivity contribution < 1.29 is 12.8 Å². The Balaban J connectivity index is 1.58. The summed E-state index contributed by atoms with van der Waals surface area (Å²) in [5.41, 5.74) is 1.71. The first-order chi connectivity index (χ1) is 13.8. The van der Waals surface area contributed by atoms with Crippen molar-refractivity contribution in [1.82, 2.24) is 13.9 Å². The van der Waals surface area contributed by atoms with E-state index in [1.165, 1.54) is 28.8 Å². The highest BCUT2D eigenvalue weighted by Gasteiger charge is 2.31. The molecule has 1 fully saturated rings. The van der Waals surface area contributed by atoms with Gasteiger partial charge in [0.25, 0.3) is 5.56 Å². The van der Waals surface area contributed by atoms with Crippen molar-refractivity contribution in [2.45, 2.75) is 37.6 Å². The van der Waals surface area contributed by atoms with Crippen LogP contribution < -0.4 is 5.56 Å². The molecule has 0 amide bonds. The molecule has 0 unspecified atom stereocenters.